The average molecular weight is 490 g/mol. The number of benzene rings is 3. The number of fused-ring (bicyclic) bond motifs is 1. The van der Waals surface area contributed by atoms with E-state index in [1.54, 1.807) is 5.56 Å². The highest BCUT2D eigenvalue weighted by atomic mass is 15.1. The summed E-state index contributed by atoms with van der Waals surface area (Å²) in [6.45, 7) is 8.64. The van der Waals surface area contributed by atoms with Gasteiger partial charge in [0.15, 0.2) is 11.0 Å². The maximum atomic E-state index is 2.49. The smallest absolute Gasteiger partial charge is 0.226 e. The molecule has 0 N–H and O–H groups in total. The van der Waals surface area contributed by atoms with E-state index in [0.29, 0.717) is 5.41 Å². The lowest BCUT2D eigenvalue weighted by Crippen LogP contribution is -2.48. The lowest BCUT2D eigenvalue weighted by molar-refractivity contribution is -0.663. The zero-order valence-corrected chi connectivity index (χ0v) is 22.8. The minimum absolute atomic E-state index is 0.187. The van der Waals surface area contributed by atoms with Crippen molar-refractivity contribution in [3.8, 4) is 0 Å². The van der Waals surface area contributed by atoms with Gasteiger partial charge < -0.3 is 0 Å². The van der Waals surface area contributed by atoms with Gasteiger partial charge >= 0.3 is 0 Å². The molecule has 4 aliphatic rings. The first-order valence-corrected chi connectivity index (χ1v) is 14.5. The monoisotopic (exact) mass is 489 g/mol. The van der Waals surface area contributed by atoms with E-state index >= 15 is 0 Å². The van der Waals surface area contributed by atoms with Crippen molar-refractivity contribution in [2.75, 3.05) is 0 Å². The number of para-hydroxylation sites is 2. The van der Waals surface area contributed by atoms with Crippen LogP contribution in [0, 0.1) is 17.8 Å². The molecule has 4 bridgehead atoms. The Morgan fingerprint density at radius 1 is 0.757 bits per heavy atom. The molecule has 37 heavy (non-hydrogen) atoms. The fourth-order valence-electron chi connectivity index (χ4n) is 8.43. The van der Waals surface area contributed by atoms with E-state index in [0.717, 1.165) is 30.8 Å². The molecule has 0 aliphatic heterocycles. The Hall–Kier alpha value is -2.87. The highest BCUT2D eigenvalue weighted by Crippen LogP contribution is 2.60. The van der Waals surface area contributed by atoms with Crippen LogP contribution in [0.3, 0.4) is 0 Å². The molecule has 4 fully saturated rings. The minimum atomic E-state index is 0.187. The molecule has 4 saturated carbocycles. The summed E-state index contributed by atoms with van der Waals surface area (Å²) < 4.78 is 4.84. The van der Waals surface area contributed by atoms with E-state index in [1.807, 2.05) is 0 Å². The SMILES string of the molecule is CC(C)(C)c1ccc(C[n+]2cn(Cc3ccc(C45CC6CC(CC(C6)C4)C5)cc3)c3ccccc32)cc1. The van der Waals surface area contributed by atoms with Gasteiger partial charge in [0.2, 0.25) is 6.33 Å². The van der Waals surface area contributed by atoms with Crippen LogP contribution in [-0.2, 0) is 23.9 Å². The molecule has 1 heterocycles. The predicted octanol–water partition coefficient (Wildman–Crippen LogP) is 7.79. The number of nitrogens with zero attached hydrogens (tertiary/aromatic N) is 2. The molecule has 8 rings (SSSR count). The van der Waals surface area contributed by atoms with Crippen molar-refractivity contribution in [3.63, 3.8) is 0 Å². The van der Waals surface area contributed by atoms with Gasteiger partial charge in [-0.3, -0.25) is 0 Å². The van der Waals surface area contributed by atoms with Gasteiger partial charge in [0.1, 0.15) is 13.1 Å². The second-order valence-corrected chi connectivity index (χ2v) is 13.7. The summed E-state index contributed by atoms with van der Waals surface area (Å²) in [6.07, 6.45) is 11.2. The van der Waals surface area contributed by atoms with Crippen LogP contribution in [0.5, 0.6) is 0 Å². The van der Waals surface area contributed by atoms with Crippen molar-refractivity contribution in [2.24, 2.45) is 17.8 Å². The fourth-order valence-corrected chi connectivity index (χ4v) is 8.43. The van der Waals surface area contributed by atoms with Crippen molar-refractivity contribution in [2.45, 2.75) is 83.2 Å². The van der Waals surface area contributed by atoms with Crippen LogP contribution in [0.2, 0.25) is 0 Å². The number of aromatic nitrogens is 2. The summed E-state index contributed by atoms with van der Waals surface area (Å²) in [5.74, 6) is 2.99. The van der Waals surface area contributed by atoms with Crippen LogP contribution in [0.4, 0.5) is 0 Å². The average Bonchev–Trinajstić information content (AvgIpc) is 3.20. The highest BCUT2D eigenvalue weighted by Gasteiger charge is 2.51. The first-order valence-electron chi connectivity index (χ1n) is 14.5. The van der Waals surface area contributed by atoms with E-state index in [1.165, 1.54) is 66.2 Å². The van der Waals surface area contributed by atoms with Crippen molar-refractivity contribution in [3.05, 3.63) is 101 Å². The van der Waals surface area contributed by atoms with E-state index in [4.69, 9.17) is 0 Å². The summed E-state index contributed by atoms with van der Waals surface area (Å²) in [6, 6.07) is 27.8. The van der Waals surface area contributed by atoms with Crippen molar-refractivity contribution < 1.29 is 4.57 Å². The van der Waals surface area contributed by atoms with Crippen molar-refractivity contribution >= 4 is 11.0 Å². The molecule has 0 amide bonds. The van der Waals surface area contributed by atoms with Crippen LogP contribution >= 0.6 is 0 Å². The zero-order valence-electron chi connectivity index (χ0n) is 22.8. The van der Waals surface area contributed by atoms with Gasteiger partial charge in [0, 0.05) is 0 Å². The lowest BCUT2D eigenvalue weighted by Gasteiger charge is -2.57. The molecular weight excluding hydrogens is 448 g/mol. The Morgan fingerprint density at radius 3 is 1.97 bits per heavy atom. The molecular formula is C35H41N2+. The fraction of sp³-hybridized carbons (Fsp3) is 0.457. The van der Waals surface area contributed by atoms with Crippen molar-refractivity contribution in [1.82, 2.24) is 4.57 Å². The summed E-state index contributed by atoms with van der Waals surface area (Å²) in [5.41, 5.74) is 9.04. The first-order chi connectivity index (χ1) is 17.8. The van der Waals surface area contributed by atoms with Gasteiger partial charge in [-0.1, -0.05) is 81.4 Å². The van der Waals surface area contributed by atoms with Crippen LogP contribution in [0.25, 0.3) is 11.0 Å². The van der Waals surface area contributed by atoms with Crippen LogP contribution < -0.4 is 4.57 Å². The third kappa shape index (κ3) is 4.23. The number of imidazole rings is 1. The molecule has 2 heteroatoms. The van der Waals surface area contributed by atoms with Gasteiger partial charge in [-0.25, -0.2) is 9.13 Å². The van der Waals surface area contributed by atoms with Gasteiger partial charge in [-0.15, -0.1) is 0 Å². The summed E-state index contributed by atoms with van der Waals surface area (Å²) in [7, 11) is 0. The molecule has 3 aromatic carbocycles. The molecule has 2 nitrogen and oxygen atoms in total. The number of rotatable bonds is 5. The van der Waals surface area contributed by atoms with Gasteiger partial charge in [-0.05, 0) is 101 Å². The predicted molar refractivity (Wildman–Crippen MR) is 152 cm³/mol. The zero-order chi connectivity index (χ0) is 25.2. The van der Waals surface area contributed by atoms with E-state index in [2.05, 4.69) is 109 Å². The third-order valence-electron chi connectivity index (χ3n) is 9.91. The quantitative estimate of drug-likeness (QED) is 0.253. The van der Waals surface area contributed by atoms with E-state index in [9.17, 15) is 0 Å². The van der Waals surface area contributed by atoms with Crippen LogP contribution in [-0.4, -0.2) is 4.57 Å². The summed E-state index contributed by atoms with van der Waals surface area (Å²) >= 11 is 0. The topological polar surface area (TPSA) is 8.81 Å². The summed E-state index contributed by atoms with van der Waals surface area (Å²) in [4.78, 5) is 0. The van der Waals surface area contributed by atoms with E-state index < -0.39 is 0 Å². The normalized spacial score (nSPS) is 26.7. The molecule has 190 valence electrons. The Bertz CT molecular complexity index is 1380. The van der Waals surface area contributed by atoms with Gasteiger partial charge in [0.25, 0.3) is 0 Å². The Labute approximate surface area is 222 Å². The largest absolute Gasteiger partial charge is 0.245 e. The third-order valence-corrected chi connectivity index (χ3v) is 9.91. The van der Waals surface area contributed by atoms with Gasteiger partial charge in [0.05, 0.1) is 0 Å². The number of hydrogen-bond donors (Lipinski definition) is 0. The highest BCUT2D eigenvalue weighted by molar-refractivity contribution is 5.71. The second-order valence-electron chi connectivity index (χ2n) is 13.7. The van der Waals surface area contributed by atoms with E-state index in [-0.39, 0.29) is 5.41 Å². The van der Waals surface area contributed by atoms with Crippen LogP contribution in [0.15, 0.2) is 79.1 Å². The molecule has 1 aromatic heterocycles. The molecule has 0 saturated heterocycles. The lowest BCUT2D eigenvalue weighted by atomic mass is 9.48. The minimum Gasteiger partial charge on any atom is -0.226 e. The molecule has 4 aliphatic carbocycles. The van der Waals surface area contributed by atoms with Gasteiger partial charge in [-0.2, -0.15) is 0 Å². The Kier molecular flexibility index (Phi) is 5.40. The molecule has 0 radical (unpaired) electrons. The van der Waals surface area contributed by atoms with Crippen LogP contribution in [0.1, 0.15) is 81.5 Å². The van der Waals surface area contributed by atoms with Crippen molar-refractivity contribution in [1.29, 1.82) is 0 Å². The maximum absolute atomic E-state index is 2.49. The molecule has 0 unspecified atom stereocenters. The standard InChI is InChI=1S/C35H41N2/c1-34(2,3)30-12-8-25(9-13-30)22-36-24-37(33-7-5-4-6-32(33)36)23-26-10-14-31(15-11-26)35-19-27-16-28(20-35)18-29(17-27)21-35/h4-15,24,27-29H,16-23H2,1-3H3/q+1. The Balaban J connectivity index is 1.13. The Morgan fingerprint density at radius 2 is 1.35 bits per heavy atom. The molecule has 0 atom stereocenters. The second kappa shape index (κ2) is 8.58. The number of hydrogen-bond acceptors (Lipinski definition) is 0. The molecule has 4 aromatic rings. The summed E-state index contributed by atoms with van der Waals surface area (Å²) in [5, 5.41) is 0. The molecule has 0 spiro atoms. The first kappa shape index (κ1) is 23.3. The maximum Gasteiger partial charge on any atom is 0.245 e.